The van der Waals surface area contributed by atoms with Crippen LogP contribution in [0.4, 0.5) is 0 Å². The van der Waals surface area contributed by atoms with Crippen LogP contribution in [0, 0.1) is 0 Å². The highest BCUT2D eigenvalue weighted by molar-refractivity contribution is 6.37. The van der Waals surface area contributed by atoms with Gasteiger partial charge >= 0.3 is 0 Å². The van der Waals surface area contributed by atoms with Gasteiger partial charge in [-0.3, -0.25) is 4.79 Å². The summed E-state index contributed by atoms with van der Waals surface area (Å²) in [6.45, 7) is 2.18. The number of hydrogen-bond acceptors (Lipinski definition) is 5. The molecule has 0 aliphatic rings. The Kier molecular flexibility index (Phi) is 5.65. The van der Waals surface area contributed by atoms with Gasteiger partial charge in [-0.05, 0) is 19.1 Å². The molecule has 0 radical (unpaired) electrons. The molecule has 1 heterocycles. The number of amides is 1. The molecular formula is C14H15Cl2N3O3. The highest BCUT2D eigenvalue weighted by atomic mass is 35.5. The third-order valence-corrected chi connectivity index (χ3v) is 3.40. The van der Waals surface area contributed by atoms with E-state index in [9.17, 15) is 4.79 Å². The second-order valence-corrected chi connectivity index (χ2v) is 5.44. The molecular weight excluding hydrogens is 329 g/mol. The smallest absolute Gasteiger partial charge is 0.273 e. The van der Waals surface area contributed by atoms with Gasteiger partial charge in [0.15, 0.2) is 17.2 Å². The number of carbonyl (C=O) groups excluding carboxylic acids is 1. The number of para-hydroxylation sites is 1. The van der Waals surface area contributed by atoms with Crippen molar-refractivity contribution in [2.45, 2.75) is 19.6 Å². The predicted octanol–water partition coefficient (Wildman–Crippen LogP) is 2.64. The number of aromatic nitrogens is 1. The highest BCUT2D eigenvalue weighted by Crippen LogP contribution is 2.32. The van der Waals surface area contributed by atoms with Gasteiger partial charge in [0.2, 0.25) is 0 Å². The molecule has 0 bridgehead atoms. The Morgan fingerprint density at radius 2 is 2.14 bits per heavy atom. The van der Waals surface area contributed by atoms with Crippen LogP contribution < -0.4 is 15.8 Å². The van der Waals surface area contributed by atoms with E-state index in [0.29, 0.717) is 28.1 Å². The molecule has 1 amide bonds. The third-order valence-electron chi connectivity index (χ3n) is 2.80. The Labute approximate surface area is 137 Å². The number of hydrogen-bond donors (Lipinski definition) is 2. The first kappa shape index (κ1) is 16.6. The number of nitrogens with one attached hydrogen (secondary N) is 1. The molecule has 0 fully saturated rings. The summed E-state index contributed by atoms with van der Waals surface area (Å²) >= 11 is 12.0. The van der Waals surface area contributed by atoms with Crippen molar-refractivity contribution in [3.8, 4) is 5.75 Å². The molecule has 2 aromatic rings. The van der Waals surface area contributed by atoms with Crippen LogP contribution in [0.15, 0.2) is 28.8 Å². The molecule has 1 aromatic heterocycles. The van der Waals surface area contributed by atoms with Gasteiger partial charge in [-0.25, -0.2) is 0 Å². The predicted molar refractivity (Wildman–Crippen MR) is 83.3 cm³/mol. The Morgan fingerprint density at radius 3 is 2.77 bits per heavy atom. The molecule has 0 spiro atoms. The fourth-order valence-electron chi connectivity index (χ4n) is 1.61. The first-order chi connectivity index (χ1) is 10.5. The summed E-state index contributed by atoms with van der Waals surface area (Å²) in [5.74, 6) is 0.371. The molecule has 1 aromatic carbocycles. The maximum atomic E-state index is 11.8. The minimum atomic E-state index is -0.358. The van der Waals surface area contributed by atoms with Crippen LogP contribution in [0.25, 0.3) is 0 Å². The molecule has 0 saturated heterocycles. The lowest BCUT2D eigenvalue weighted by molar-refractivity contribution is 0.0932. The minimum absolute atomic E-state index is 0.0518. The Bertz CT molecular complexity index is 640. The van der Waals surface area contributed by atoms with Crippen LogP contribution in [0.5, 0.6) is 5.75 Å². The minimum Gasteiger partial charge on any atom is -0.482 e. The van der Waals surface area contributed by atoms with Gasteiger partial charge in [0.1, 0.15) is 6.61 Å². The molecule has 22 heavy (non-hydrogen) atoms. The van der Waals surface area contributed by atoms with Gasteiger partial charge in [0.25, 0.3) is 5.91 Å². The number of ether oxygens (including phenoxy) is 1. The van der Waals surface area contributed by atoms with E-state index in [1.54, 1.807) is 25.1 Å². The molecule has 3 N–H and O–H groups in total. The molecule has 6 nitrogen and oxygen atoms in total. The van der Waals surface area contributed by atoms with Crippen LogP contribution in [0.2, 0.25) is 10.0 Å². The van der Waals surface area contributed by atoms with Gasteiger partial charge in [0, 0.05) is 18.7 Å². The molecule has 118 valence electrons. The number of halogens is 2. The van der Waals surface area contributed by atoms with Gasteiger partial charge in [0.05, 0.1) is 10.0 Å². The SMILES string of the molecule is C[C@@H](CN)NC(=O)c1cc(COc2c(Cl)cccc2Cl)on1. The maximum Gasteiger partial charge on any atom is 0.273 e. The van der Waals surface area contributed by atoms with Crippen LogP contribution in [-0.2, 0) is 6.61 Å². The van der Waals surface area contributed by atoms with Crippen molar-refractivity contribution in [2.75, 3.05) is 6.54 Å². The lowest BCUT2D eigenvalue weighted by Crippen LogP contribution is -2.37. The number of nitrogens with zero attached hydrogens (tertiary/aromatic N) is 1. The summed E-state index contributed by atoms with van der Waals surface area (Å²) < 4.78 is 10.5. The Balaban J connectivity index is 1.99. The zero-order chi connectivity index (χ0) is 16.1. The quantitative estimate of drug-likeness (QED) is 0.841. The van der Waals surface area contributed by atoms with Gasteiger partial charge in [-0.1, -0.05) is 34.4 Å². The van der Waals surface area contributed by atoms with E-state index in [1.807, 2.05) is 0 Å². The monoisotopic (exact) mass is 343 g/mol. The molecule has 0 unspecified atom stereocenters. The summed E-state index contributed by atoms with van der Waals surface area (Å²) in [5.41, 5.74) is 5.60. The zero-order valence-electron chi connectivity index (χ0n) is 11.8. The van der Waals surface area contributed by atoms with Crippen molar-refractivity contribution in [2.24, 2.45) is 5.73 Å². The van der Waals surface area contributed by atoms with E-state index in [-0.39, 0.29) is 24.2 Å². The number of benzene rings is 1. The van der Waals surface area contributed by atoms with E-state index in [2.05, 4.69) is 10.5 Å². The molecule has 2 rings (SSSR count). The van der Waals surface area contributed by atoms with Crippen LogP contribution in [0.1, 0.15) is 23.2 Å². The van der Waals surface area contributed by atoms with Crippen molar-refractivity contribution in [1.29, 1.82) is 0 Å². The second-order valence-electron chi connectivity index (χ2n) is 4.63. The lowest BCUT2D eigenvalue weighted by atomic mass is 10.3. The van der Waals surface area contributed by atoms with E-state index in [0.717, 1.165) is 0 Å². The van der Waals surface area contributed by atoms with Crippen LogP contribution >= 0.6 is 23.2 Å². The topological polar surface area (TPSA) is 90.4 Å². The Morgan fingerprint density at radius 1 is 1.45 bits per heavy atom. The van der Waals surface area contributed by atoms with Crippen LogP contribution in [0.3, 0.4) is 0 Å². The first-order valence-corrected chi connectivity index (χ1v) is 7.30. The zero-order valence-corrected chi connectivity index (χ0v) is 13.3. The normalized spacial score (nSPS) is 12.0. The molecule has 8 heteroatoms. The van der Waals surface area contributed by atoms with Crippen molar-refractivity contribution in [3.05, 3.63) is 45.8 Å². The van der Waals surface area contributed by atoms with E-state index in [1.165, 1.54) is 6.07 Å². The van der Waals surface area contributed by atoms with E-state index in [4.69, 9.17) is 38.2 Å². The number of nitrogens with two attached hydrogens (primary N) is 1. The summed E-state index contributed by atoms with van der Waals surface area (Å²) in [7, 11) is 0. The summed E-state index contributed by atoms with van der Waals surface area (Å²) in [6.07, 6.45) is 0. The summed E-state index contributed by atoms with van der Waals surface area (Å²) in [6, 6.07) is 6.38. The third kappa shape index (κ3) is 4.13. The number of carbonyl (C=O) groups is 1. The second kappa shape index (κ2) is 7.49. The van der Waals surface area contributed by atoms with Crippen molar-refractivity contribution < 1.29 is 14.1 Å². The average Bonchev–Trinajstić information content (AvgIpc) is 2.95. The van der Waals surface area contributed by atoms with Crippen molar-refractivity contribution >= 4 is 29.1 Å². The number of rotatable bonds is 6. The fraction of sp³-hybridized carbons (Fsp3) is 0.286. The largest absolute Gasteiger partial charge is 0.482 e. The summed E-state index contributed by atoms with van der Waals surface area (Å²) in [4.78, 5) is 11.8. The van der Waals surface area contributed by atoms with Crippen molar-refractivity contribution in [1.82, 2.24) is 10.5 Å². The molecule has 0 saturated carbocycles. The standard InChI is InChI=1S/C14H15Cl2N3O3/c1-8(6-17)18-14(20)12-5-9(22-19-12)7-21-13-10(15)3-2-4-11(13)16/h2-5,8H,6-7,17H2,1H3,(H,18,20)/t8-/m0/s1. The maximum absolute atomic E-state index is 11.8. The first-order valence-electron chi connectivity index (χ1n) is 6.54. The molecule has 0 aliphatic carbocycles. The van der Waals surface area contributed by atoms with Gasteiger partial charge in [-0.2, -0.15) is 0 Å². The molecule has 0 aliphatic heterocycles. The highest BCUT2D eigenvalue weighted by Gasteiger charge is 2.15. The van der Waals surface area contributed by atoms with E-state index < -0.39 is 0 Å². The van der Waals surface area contributed by atoms with Gasteiger partial charge < -0.3 is 20.3 Å². The van der Waals surface area contributed by atoms with Crippen molar-refractivity contribution in [3.63, 3.8) is 0 Å². The summed E-state index contributed by atoms with van der Waals surface area (Å²) in [5, 5.41) is 7.15. The van der Waals surface area contributed by atoms with Gasteiger partial charge in [-0.15, -0.1) is 0 Å². The Hall–Kier alpha value is -1.76. The lowest BCUT2D eigenvalue weighted by Gasteiger charge is -2.08. The average molecular weight is 344 g/mol. The van der Waals surface area contributed by atoms with E-state index >= 15 is 0 Å². The van der Waals surface area contributed by atoms with Crippen LogP contribution in [-0.4, -0.2) is 23.7 Å². The fourth-order valence-corrected chi connectivity index (χ4v) is 2.11. The molecule has 1 atom stereocenters.